The molecule has 0 spiro atoms. The van der Waals surface area contributed by atoms with Gasteiger partial charge in [0.1, 0.15) is 0 Å². The van der Waals surface area contributed by atoms with Crippen molar-refractivity contribution in [3.8, 4) is 0 Å². The van der Waals surface area contributed by atoms with Crippen LogP contribution >= 0.6 is 12.4 Å². The van der Waals surface area contributed by atoms with Crippen LogP contribution in [-0.2, 0) is 11.3 Å². The minimum Gasteiger partial charge on any atom is -0.349 e. The largest absolute Gasteiger partial charge is 0.349 e. The van der Waals surface area contributed by atoms with Crippen molar-refractivity contribution in [3.63, 3.8) is 0 Å². The molecule has 0 aliphatic heterocycles. The fraction of sp³-hybridized carbons (Fsp3) is 0.471. The number of benzene rings is 1. The number of hydrogen-bond donors (Lipinski definition) is 2. The molecule has 0 aliphatic carbocycles. The lowest BCUT2D eigenvalue weighted by Gasteiger charge is -2.33. The Morgan fingerprint density at radius 2 is 2.04 bits per heavy atom. The number of aryl methyl sites for hydroxylation is 1. The van der Waals surface area contributed by atoms with Crippen LogP contribution in [0.5, 0.6) is 0 Å². The number of nitrogens with one attached hydrogen (secondary N) is 1. The van der Waals surface area contributed by atoms with Crippen LogP contribution in [0.3, 0.4) is 0 Å². The summed E-state index contributed by atoms with van der Waals surface area (Å²) in [4.78, 5) is 28.8. The number of halogens is 1. The van der Waals surface area contributed by atoms with Gasteiger partial charge in [-0.15, -0.1) is 12.4 Å². The van der Waals surface area contributed by atoms with Crippen LogP contribution in [0.2, 0.25) is 0 Å². The predicted molar refractivity (Wildman–Crippen MR) is 98.3 cm³/mol. The Kier molecular flexibility index (Phi) is 6.93. The number of fused-ring (bicyclic) bond motifs is 1. The van der Waals surface area contributed by atoms with E-state index in [0.29, 0.717) is 24.0 Å². The lowest BCUT2D eigenvalue weighted by Crippen LogP contribution is -2.55. The Balaban J connectivity index is 0.00000288. The second-order valence-electron chi connectivity index (χ2n) is 6.33. The first-order chi connectivity index (χ1) is 10.9. The van der Waals surface area contributed by atoms with Crippen molar-refractivity contribution in [2.45, 2.75) is 39.3 Å². The van der Waals surface area contributed by atoms with Crippen LogP contribution in [0, 0.1) is 5.92 Å². The van der Waals surface area contributed by atoms with E-state index in [9.17, 15) is 9.59 Å². The standard InChI is InChI=1S/C17H24N4O2.ClH/c1-12(2)17(3,10-18)20-15(22)8-9-21-11-19-14-7-5-4-6-13(14)16(21)23;/h4-7,11-12H,8-10,18H2,1-3H3,(H,20,22);1H. The molecule has 0 saturated carbocycles. The van der Waals surface area contributed by atoms with E-state index in [0.717, 1.165) is 0 Å². The third-order valence-corrected chi connectivity index (χ3v) is 4.43. The average molecular weight is 353 g/mol. The van der Waals surface area contributed by atoms with Crippen molar-refractivity contribution in [3.05, 3.63) is 40.9 Å². The maximum atomic E-state index is 12.4. The third-order valence-electron chi connectivity index (χ3n) is 4.43. The summed E-state index contributed by atoms with van der Waals surface area (Å²) in [5.74, 6) is 0.105. The molecule has 0 fully saturated rings. The summed E-state index contributed by atoms with van der Waals surface area (Å²) in [6, 6.07) is 7.18. The SMILES string of the molecule is CC(C)C(C)(CN)NC(=O)CCn1cnc2ccccc2c1=O.Cl. The van der Waals surface area contributed by atoms with Crippen molar-refractivity contribution >= 4 is 29.2 Å². The zero-order valence-corrected chi connectivity index (χ0v) is 15.1. The molecular weight excluding hydrogens is 328 g/mol. The van der Waals surface area contributed by atoms with Gasteiger partial charge in [-0.3, -0.25) is 14.2 Å². The van der Waals surface area contributed by atoms with E-state index in [1.165, 1.54) is 10.9 Å². The smallest absolute Gasteiger partial charge is 0.261 e. The number of para-hydroxylation sites is 1. The summed E-state index contributed by atoms with van der Waals surface area (Å²) in [5.41, 5.74) is 5.86. The predicted octanol–water partition coefficient (Wildman–Crippen LogP) is 1.70. The first kappa shape index (κ1) is 20.1. The normalized spacial score (nSPS) is 13.4. The summed E-state index contributed by atoms with van der Waals surface area (Å²) in [5, 5.41) is 3.53. The molecule has 1 aromatic carbocycles. The number of nitrogens with two attached hydrogens (primary N) is 1. The molecule has 0 saturated heterocycles. The van der Waals surface area contributed by atoms with E-state index in [1.807, 2.05) is 26.8 Å². The van der Waals surface area contributed by atoms with Crippen molar-refractivity contribution in [1.29, 1.82) is 0 Å². The lowest BCUT2D eigenvalue weighted by molar-refractivity contribution is -0.123. The summed E-state index contributed by atoms with van der Waals surface area (Å²) >= 11 is 0. The number of hydrogen-bond acceptors (Lipinski definition) is 4. The zero-order valence-electron chi connectivity index (χ0n) is 14.3. The Morgan fingerprint density at radius 3 is 2.67 bits per heavy atom. The molecule has 7 heteroatoms. The number of carbonyl (C=O) groups is 1. The first-order valence-electron chi connectivity index (χ1n) is 7.82. The lowest BCUT2D eigenvalue weighted by atomic mass is 9.88. The molecule has 2 aromatic rings. The van der Waals surface area contributed by atoms with E-state index in [1.54, 1.807) is 18.2 Å². The second kappa shape index (κ2) is 8.26. The Bertz CT molecular complexity index is 760. The van der Waals surface area contributed by atoms with E-state index in [2.05, 4.69) is 10.3 Å². The highest BCUT2D eigenvalue weighted by Crippen LogP contribution is 2.14. The molecule has 0 aliphatic rings. The molecule has 132 valence electrons. The molecule has 24 heavy (non-hydrogen) atoms. The molecule has 2 rings (SSSR count). The summed E-state index contributed by atoms with van der Waals surface area (Å²) in [6.45, 7) is 6.63. The Labute approximate surface area is 147 Å². The number of amides is 1. The molecule has 0 radical (unpaired) electrons. The maximum absolute atomic E-state index is 12.4. The zero-order chi connectivity index (χ0) is 17.0. The Morgan fingerprint density at radius 1 is 1.38 bits per heavy atom. The molecule has 0 bridgehead atoms. The molecule has 1 aromatic heterocycles. The van der Waals surface area contributed by atoms with Gasteiger partial charge >= 0.3 is 0 Å². The van der Waals surface area contributed by atoms with Gasteiger partial charge in [0.15, 0.2) is 0 Å². The minimum absolute atomic E-state index is 0. The van der Waals surface area contributed by atoms with E-state index < -0.39 is 5.54 Å². The van der Waals surface area contributed by atoms with Crippen LogP contribution in [0.4, 0.5) is 0 Å². The molecule has 6 nitrogen and oxygen atoms in total. The van der Waals surface area contributed by atoms with Gasteiger partial charge in [0.2, 0.25) is 5.91 Å². The monoisotopic (exact) mass is 352 g/mol. The molecule has 3 N–H and O–H groups in total. The van der Waals surface area contributed by atoms with Gasteiger partial charge in [0.05, 0.1) is 22.8 Å². The molecular formula is C17H25ClN4O2. The maximum Gasteiger partial charge on any atom is 0.261 e. The van der Waals surface area contributed by atoms with Gasteiger partial charge in [-0.1, -0.05) is 26.0 Å². The number of aromatic nitrogens is 2. The molecule has 1 heterocycles. The van der Waals surface area contributed by atoms with E-state index >= 15 is 0 Å². The van der Waals surface area contributed by atoms with Gasteiger partial charge in [0, 0.05) is 19.5 Å². The van der Waals surface area contributed by atoms with Crippen LogP contribution in [0.1, 0.15) is 27.2 Å². The highest BCUT2D eigenvalue weighted by Gasteiger charge is 2.28. The van der Waals surface area contributed by atoms with E-state index in [4.69, 9.17) is 5.73 Å². The quantitative estimate of drug-likeness (QED) is 0.827. The van der Waals surface area contributed by atoms with Crippen molar-refractivity contribution in [1.82, 2.24) is 14.9 Å². The minimum atomic E-state index is -0.441. The summed E-state index contributed by atoms with van der Waals surface area (Å²) in [6.07, 6.45) is 1.70. The fourth-order valence-electron chi connectivity index (χ4n) is 2.30. The van der Waals surface area contributed by atoms with Gasteiger partial charge in [-0.2, -0.15) is 0 Å². The Hall–Kier alpha value is -1.92. The first-order valence-corrected chi connectivity index (χ1v) is 7.82. The fourth-order valence-corrected chi connectivity index (χ4v) is 2.30. The van der Waals surface area contributed by atoms with Gasteiger partial charge in [0.25, 0.3) is 5.56 Å². The second-order valence-corrected chi connectivity index (χ2v) is 6.33. The van der Waals surface area contributed by atoms with Crippen LogP contribution in [-0.4, -0.2) is 27.5 Å². The van der Waals surface area contributed by atoms with Crippen molar-refractivity contribution in [2.75, 3.05) is 6.54 Å². The summed E-state index contributed by atoms with van der Waals surface area (Å²) in [7, 11) is 0. The molecule has 1 atom stereocenters. The van der Waals surface area contributed by atoms with Crippen molar-refractivity contribution in [2.24, 2.45) is 11.7 Å². The molecule has 1 amide bonds. The van der Waals surface area contributed by atoms with Crippen molar-refractivity contribution < 1.29 is 4.79 Å². The number of rotatable bonds is 6. The summed E-state index contributed by atoms with van der Waals surface area (Å²) < 4.78 is 1.47. The molecule has 1 unspecified atom stereocenters. The van der Waals surface area contributed by atoms with Gasteiger partial charge in [-0.05, 0) is 25.0 Å². The van der Waals surface area contributed by atoms with E-state index in [-0.39, 0.29) is 36.2 Å². The van der Waals surface area contributed by atoms with Gasteiger partial charge < -0.3 is 11.1 Å². The number of nitrogens with zero attached hydrogens (tertiary/aromatic N) is 2. The van der Waals surface area contributed by atoms with Crippen LogP contribution in [0.25, 0.3) is 10.9 Å². The van der Waals surface area contributed by atoms with Gasteiger partial charge in [-0.25, -0.2) is 4.98 Å². The third kappa shape index (κ3) is 4.33. The average Bonchev–Trinajstić information content (AvgIpc) is 2.54. The van der Waals surface area contributed by atoms with Crippen LogP contribution < -0.4 is 16.6 Å². The van der Waals surface area contributed by atoms with Crippen LogP contribution in [0.15, 0.2) is 35.4 Å². The topological polar surface area (TPSA) is 90.0 Å². The highest BCUT2D eigenvalue weighted by molar-refractivity contribution is 5.85. The highest BCUT2D eigenvalue weighted by atomic mass is 35.5. The number of carbonyl (C=O) groups excluding carboxylic acids is 1.